The molecule has 1 aliphatic heterocycles. The standard InChI is InChI=1S/C16H17Cl2NO4/c1-8-6-19(7-14(23-8)16(21)22)15(20)12-5-11(12)10-3-2-9(17)4-13(10)18/h2-4,8,11-12,14H,5-7H2,1H3,(H,21,22)/t8-,11?,12?,14?/m1/s1. The fourth-order valence-electron chi connectivity index (χ4n) is 3.12. The number of carboxylic acids is 1. The van der Waals surface area contributed by atoms with Gasteiger partial charge < -0.3 is 14.7 Å². The number of hydrogen-bond donors (Lipinski definition) is 1. The molecule has 1 N–H and O–H groups in total. The Morgan fingerprint density at radius 1 is 1.30 bits per heavy atom. The fourth-order valence-corrected chi connectivity index (χ4v) is 3.66. The summed E-state index contributed by atoms with van der Waals surface area (Å²) in [5.74, 6) is -1.13. The number of rotatable bonds is 3. The van der Waals surface area contributed by atoms with Crippen molar-refractivity contribution in [1.82, 2.24) is 4.90 Å². The summed E-state index contributed by atoms with van der Waals surface area (Å²) < 4.78 is 5.34. The van der Waals surface area contributed by atoms with E-state index in [2.05, 4.69) is 0 Å². The Morgan fingerprint density at radius 3 is 2.70 bits per heavy atom. The van der Waals surface area contributed by atoms with Gasteiger partial charge in [-0.1, -0.05) is 29.3 Å². The third-order valence-corrected chi connectivity index (χ3v) is 4.88. The average molecular weight is 358 g/mol. The van der Waals surface area contributed by atoms with E-state index >= 15 is 0 Å². The van der Waals surface area contributed by atoms with Gasteiger partial charge in [0.25, 0.3) is 0 Å². The Hall–Kier alpha value is -1.30. The molecule has 7 heteroatoms. The molecule has 3 rings (SSSR count). The molecule has 0 aromatic heterocycles. The fraction of sp³-hybridized carbons (Fsp3) is 0.500. The highest BCUT2D eigenvalue weighted by Crippen LogP contribution is 2.51. The van der Waals surface area contributed by atoms with E-state index in [1.54, 1.807) is 24.0 Å². The van der Waals surface area contributed by atoms with Crippen LogP contribution in [0.4, 0.5) is 0 Å². The molecule has 1 aliphatic carbocycles. The smallest absolute Gasteiger partial charge is 0.334 e. The van der Waals surface area contributed by atoms with Gasteiger partial charge in [-0.05, 0) is 37.0 Å². The van der Waals surface area contributed by atoms with Gasteiger partial charge in [0.1, 0.15) is 0 Å². The first-order chi connectivity index (χ1) is 10.9. The predicted octanol–water partition coefficient (Wildman–Crippen LogP) is 2.80. The van der Waals surface area contributed by atoms with Gasteiger partial charge in [-0.3, -0.25) is 4.79 Å². The van der Waals surface area contributed by atoms with Crippen molar-refractivity contribution < 1.29 is 19.4 Å². The van der Waals surface area contributed by atoms with E-state index in [1.165, 1.54) is 0 Å². The Kier molecular flexibility index (Phi) is 4.54. The number of carbonyl (C=O) groups excluding carboxylic acids is 1. The van der Waals surface area contributed by atoms with Crippen molar-refractivity contribution in [2.75, 3.05) is 13.1 Å². The van der Waals surface area contributed by atoms with E-state index in [9.17, 15) is 9.59 Å². The van der Waals surface area contributed by atoms with Crippen molar-refractivity contribution in [2.45, 2.75) is 31.5 Å². The van der Waals surface area contributed by atoms with Crippen LogP contribution in [0, 0.1) is 5.92 Å². The van der Waals surface area contributed by atoms with E-state index in [4.69, 9.17) is 33.0 Å². The molecule has 1 aromatic carbocycles. The lowest BCUT2D eigenvalue weighted by molar-refractivity contribution is -0.167. The second-order valence-electron chi connectivity index (χ2n) is 6.13. The Balaban J connectivity index is 1.69. The summed E-state index contributed by atoms with van der Waals surface area (Å²) in [6.07, 6.45) is -0.520. The number of benzene rings is 1. The minimum atomic E-state index is -1.04. The Bertz CT molecular complexity index is 651. The van der Waals surface area contributed by atoms with Gasteiger partial charge in [0.2, 0.25) is 5.91 Å². The molecule has 1 aromatic rings. The van der Waals surface area contributed by atoms with Crippen LogP contribution < -0.4 is 0 Å². The Morgan fingerprint density at radius 2 is 2.04 bits per heavy atom. The van der Waals surface area contributed by atoms with Gasteiger partial charge >= 0.3 is 5.97 Å². The third kappa shape index (κ3) is 3.47. The summed E-state index contributed by atoms with van der Waals surface area (Å²) in [6.45, 7) is 2.28. The summed E-state index contributed by atoms with van der Waals surface area (Å²) in [5.41, 5.74) is 0.922. The lowest BCUT2D eigenvalue weighted by atomic mass is 10.1. The highest BCUT2D eigenvalue weighted by Gasteiger charge is 2.48. The number of aliphatic carboxylic acids is 1. The zero-order valence-corrected chi connectivity index (χ0v) is 14.0. The number of carboxylic acid groups (broad SMARTS) is 1. The maximum Gasteiger partial charge on any atom is 0.334 e. The van der Waals surface area contributed by atoms with E-state index < -0.39 is 12.1 Å². The van der Waals surface area contributed by atoms with Crippen molar-refractivity contribution in [2.24, 2.45) is 5.92 Å². The highest BCUT2D eigenvalue weighted by atomic mass is 35.5. The molecule has 1 saturated heterocycles. The molecule has 5 nitrogen and oxygen atoms in total. The number of nitrogens with zero attached hydrogens (tertiary/aromatic N) is 1. The molecule has 0 bridgehead atoms. The maximum atomic E-state index is 12.6. The SMILES string of the molecule is C[C@@H]1CN(C(=O)C2CC2c2ccc(Cl)cc2Cl)CC(C(=O)O)O1. The van der Waals surface area contributed by atoms with Crippen molar-refractivity contribution >= 4 is 35.1 Å². The number of morpholine rings is 1. The van der Waals surface area contributed by atoms with Crippen molar-refractivity contribution in [3.63, 3.8) is 0 Å². The van der Waals surface area contributed by atoms with E-state index in [0.717, 1.165) is 12.0 Å². The van der Waals surface area contributed by atoms with Crippen LogP contribution in [0.3, 0.4) is 0 Å². The molecule has 1 saturated carbocycles. The summed E-state index contributed by atoms with van der Waals surface area (Å²) >= 11 is 12.1. The molecule has 23 heavy (non-hydrogen) atoms. The molecule has 1 amide bonds. The van der Waals surface area contributed by atoms with Gasteiger partial charge in [-0.15, -0.1) is 0 Å². The molecule has 3 unspecified atom stereocenters. The van der Waals surface area contributed by atoms with Gasteiger partial charge in [-0.2, -0.15) is 0 Å². The molecular weight excluding hydrogens is 341 g/mol. The first-order valence-electron chi connectivity index (χ1n) is 7.49. The topological polar surface area (TPSA) is 66.8 Å². The Labute approximate surface area is 144 Å². The number of halogens is 2. The quantitative estimate of drug-likeness (QED) is 0.902. The van der Waals surface area contributed by atoms with Crippen LogP contribution in [0.1, 0.15) is 24.8 Å². The van der Waals surface area contributed by atoms with E-state index in [1.807, 2.05) is 6.07 Å². The summed E-state index contributed by atoms with van der Waals surface area (Å²) in [4.78, 5) is 25.4. The predicted molar refractivity (Wildman–Crippen MR) is 85.9 cm³/mol. The first kappa shape index (κ1) is 16.6. The van der Waals surface area contributed by atoms with Crippen molar-refractivity contribution in [3.8, 4) is 0 Å². The average Bonchev–Trinajstić information content (AvgIpc) is 3.26. The largest absolute Gasteiger partial charge is 0.479 e. The molecule has 0 radical (unpaired) electrons. The van der Waals surface area contributed by atoms with Crippen LogP contribution in [0.5, 0.6) is 0 Å². The molecule has 0 spiro atoms. The molecular formula is C16H17Cl2NO4. The summed E-state index contributed by atoms with van der Waals surface area (Å²) in [7, 11) is 0. The first-order valence-corrected chi connectivity index (χ1v) is 8.24. The van der Waals surface area contributed by atoms with Crippen LogP contribution in [-0.2, 0) is 14.3 Å². The van der Waals surface area contributed by atoms with Crippen molar-refractivity contribution in [1.29, 1.82) is 0 Å². The van der Waals surface area contributed by atoms with Gasteiger partial charge in [-0.25, -0.2) is 4.79 Å². The summed E-state index contributed by atoms with van der Waals surface area (Å²) in [6, 6.07) is 5.29. The second-order valence-corrected chi connectivity index (χ2v) is 6.97. The molecule has 1 heterocycles. The van der Waals surface area contributed by atoms with Gasteiger partial charge in [0.05, 0.1) is 12.6 Å². The monoisotopic (exact) mass is 357 g/mol. The van der Waals surface area contributed by atoms with Crippen LogP contribution in [0.2, 0.25) is 10.0 Å². The number of ether oxygens (including phenoxy) is 1. The zero-order chi connectivity index (χ0) is 16.7. The van der Waals surface area contributed by atoms with Crippen LogP contribution >= 0.6 is 23.2 Å². The van der Waals surface area contributed by atoms with E-state index in [-0.39, 0.29) is 30.4 Å². The number of carbonyl (C=O) groups is 2. The zero-order valence-electron chi connectivity index (χ0n) is 12.5. The minimum absolute atomic E-state index is 0.0255. The normalized spacial score (nSPS) is 30.1. The van der Waals surface area contributed by atoms with Crippen LogP contribution in [0.15, 0.2) is 18.2 Å². The maximum absolute atomic E-state index is 12.6. The van der Waals surface area contributed by atoms with Crippen molar-refractivity contribution in [3.05, 3.63) is 33.8 Å². The molecule has 124 valence electrons. The molecule has 2 fully saturated rings. The lowest BCUT2D eigenvalue weighted by Gasteiger charge is -2.35. The van der Waals surface area contributed by atoms with Crippen LogP contribution in [-0.4, -0.2) is 47.2 Å². The summed E-state index contributed by atoms with van der Waals surface area (Å²) in [5, 5.41) is 10.2. The second kappa shape index (κ2) is 6.30. The minimum Gasteiger partial charge on any atom is -0.479 e. The lowest BCUT2D eigenvalue weighted by Crippen LogP contribution is -2.52. The third-order valence-electron chi connectivity index (χ3n) is 4.32. The highest BCUT2D eigenvalue weighted by molar-refractivity contribution is 6.35. The van der Waals surface area contributed by atoms with Crippen LogP contribution in [0.25, 0.3) is 0 Å². The van der Waals surface area contributed by atoms with Gasteiger partial charge in [0, 0.05) is 22.5 Å². The number of amides is 1. The molecule has 4 atom stereocenters. The van der Waals surface area contributed by atoms with Gasteiger partial charge in [0.15, 0.2) is 6.10 Å². The number of hydrogen-bond acceptors (Lipinski definition) is 3. The molecule has 2 aliphatic rings. The van der Waals surface area contributed by atoms with E-state index in [0.29, 0.717) is 16.6 Å².